The van der Waals surface area contributed by atoms with Gasteiger partial charge in [-0.25, -0.2) is 0 Å². The molecular formula is C27H29N3OS. The van der Waals surface area contributed by atoms with Gasteiger partial charge in [0.05, 0.1) is 12.3 Å². The van der Waals surface area contributed by atoms with E-state index in [1.165, 1.54) is 22.0 Å². The smallest absolute Gasteiger partial charge is 0.174 e. The monoisotopic (exact) mass is 443 g/mol. The number of ether oxygens (including phenoxy) is 1. The van der Waals surface area contributed by atoms with Crippen molar-refractivity contribution in [3.8, 4) is 5.75 Å². The van der Waals surface area contributed by atoms with Crippen molar-refractivity contribution in [2.24, 2.45) is 0 Å². The van der Waals surface area contributed by atoms with Crippen LogP contribution in [0.15, 0.2) is 85.1 Å². The standard InChI is InChI=1S/C27H29N3OS/c1-3-29-19-22(23-14-8-10-16-25(23)29)20-30(18-21-12-6-5-7-13-21)27(32)28-24-15-9-11-17-26(24)31-4-2/h5-17,19H,3-4,18,20H2,1-2H3,(H,28,32). The normalized spacial score (nSPS) is 10.8. The molecule has 1 heterocycles. The summed E-state index contributed by atoms with van der Waals surface area (Å²) in [6, 6.07) is 26.9. The largest absolute Gasteiger partial charge is 0.492 e. The molecule has 0 unspecified atom stereocenters. The first kappa shape index (κ1) is 21.9. The highest BCUT2D eigenvalue weighted by molar-refractivity contribution is 7.80. The number of hydrogen-bond acceptors (Lipinski definition) is 2. The number of benzene rings is 3. The average Bonchev–Trinajstić information content (AvgIpc) is 3.18. The summed E-state index contributed by atoms with van der Waals surface area (Å²) in [6.07, 6.45) is 2.25. The van der Waals surface area contributed by atoms with Crippen LogP contribution in [0.25, 0.3) is 10.9 Å². The molecule has 0 spiro atoms. The van der Waals surface area contributed by atoms with E-state index in [1.54, 1.807) is 0 Å². The maximum absolute atomic E-state index is 5.91. The molecule has 0 fully saturated rings. The van der Waals surface area contributed by atoms with Gasteiger partial charge in [-0.15, -0.1) is 0 Å². The molecule has 0 saturated heterocycles. The number of anilines is 1. The molecule has 32 heavy (non-hydrogen) atoms. The molecule has 0 amide bonds. The summed E-state index contributed by atoms with van der Waals surface area (Å²) in [5.74, 6) is 0.805. The van der Waals surface area contributed by atoms with Crippen LogP contribution in [0.3, 0.4) is 0 Å². The molecular weight excluding hydrogens is 414 g/mol. The average molecular weight is 444 g/mol. The first-order valence-corrected chi connectivity index (χ1v) is 11.5. The van der Waals surface area contributed by atoms with Gasteiger partial charge in [0, 0.05) is 36.7 Å². The zero-order valence-electron chi connectivity index (χ0n) is 18.6. The number of para-hydroxylation sites is 3. The number of rotatable bonds is 8. The third kappa shape index (κ3) is 4.94. The van der Waals surface area contributed by atoms with Gasteiger partial charge in [0.25, 0.3) is 0 Å². The van der Waals surface area contributed by atoms with Gasteiger partial charge in [0.2, 0.25) is 0 Å². The summed E-state index contributed by atoms with van der Waals surface area (Å²) in [5.41, 5.74) is 4.62. The molecule has 4 nitrogen and oxygen atoms in total. The number of aryl methyl sites for hydroxylation is 1. The second kappa shape index (κ2) is 10.3. The number of aromatic nitrogens is 1. The van der Waals surface area contributed by atoms with Crippen LogP contribution in [0.2, 0.25) is 0 Å². The third-order valence-electron chi connectivity index (χ3n) is 5.50. The molecule has 0 radical (unpaired) electrons. The van der Waals surface area contributed by atoms with Gasteiger partial charge in [-0.2, -0.15) is 0 Å². The third-order valence-corrected chi connectivity index (χ3v) is 5.87. The van der Waals surface area contributed by atoms with Gasteiger partial charge in [-0.05, 0) is 55.4 Å². The van der Waals surface area contributed by atoms with E-state index in [9.17, 15) is 0 Å². The Kier molecular flexibility index (Phi) is 7.07. The molecule has 3 aromatic carbocycles. The zero-order chi connectivity index (χ0) is 22.3. The topological polar surface area (TPSA) is 29.4 Å². The van der Waals surface area contributed by atoms with Gasteiger partial charge in [0.1, 0.15) is 5.75 Å². The van der Waals surface area contributed by atoms with E-state index in [-0.39, 0.29) is 0 Å². The molecule has 0 aliphatic carbocycles. The minimum absolute atomic E-state index is 0.607. The van der Waals surface area contributed by atoms with E-state index >= 15 is 0 Å². The fourth-order valence-corrected chi connectivity index (χ4v) is 4.20. The van der Waals surface area contributed by atoms with Crippen molar-refractivity contribution < 1.29 is 4.74 Å². The minimum atomic E-state index is 0.607. The minimum Gasteiger partial charge on any atom is -0.492 e. The second-order valence-electron chi connectivity index (χ2n) is 7.66. The van der Waals surface area contributed by atoms with E-state index in [2.05, 4.69) is 76.4 Å². The predicted molar refractivity (Wildman–Crippen MR) is 137 cm³/mol. The Morgan fingerprint density at radius 2 is 1.62 bits per heavy atom. The van der Waals surface area contributed by atoms with Crippen molar-refractivity contribution in [1.82, 2.24) is 9.47 Å². The SMILES string of the molecule is CCOc1ccccc1NC(=S)N(Cc1ccccc1)Cc1cn(CC)c2ccccc12. The fraction of sp³-hybridized carbons (Fsp3) is 0.222. The highest BCUT2D eigenvalue weighted by Gasteiger charge is 2.16. The van der Waals surface area contributed by atoms with Gasteiger partial charge < -0.3 is 19.5 Å². The van der Waals surface area contributed by atoms with Crippen LogP contribution in [0, 0.1) is 0 Å². The fourth-order valence-electron chi connectivity index (χ4n) is 3.96. The lowest BCUT2D eigenvalue weighted by Crippen LogP contribution is -2.34. The van der Waals surface area contributed by atoms with Crippen molar-refractivity contribution >= 4 is 33.9 Å². The number of fused-ring (bicyclic) bond motifs is 1. The lowest BCUT2D eigenvalue weighted by atomic mass is 10.1. The lowest BCUT2D eigenvalue weighted by Gasteiger charge is -2.26. The quantitative estimate of drug-likeness (QED) is 0.317. The second-order valence-corrected chi connectivity index (χ2v) is 8.05. The molecule has 0 aliphatic rings. The Labute approximate surface area is 195 Å². The van der Waals surface area contributed by atoms with Crippen molar-refractivity contribution in [3.05, 3.63) is 96.2 Å². The number of hydrogen-bond donors (Lipinski definition) is 1. The van der Waals surface area contributed by atoms with Crippen molar-refractivity contribution in [3.63, 3.8) is 0 Å². The summed E-state index contributed by atoms with van der Waals surface area (Å²) in [5, 5.41) is 5.37. The Balaban J connectivity index is 1.64. The molecule has 0 saturated carbocycles. The van der Waals surface area contributed by atoms with Crippen LogP contribution in [0.1, 0.15) is 25.0 Å². The van der Waals surface area contributed by atoms with E-state index < -0.39 is 0 Å². The van der Waals surface area contributed by atoms with Crippen LogP contribution in [-0.2, 0) is 19.6 Å². The Morgan fingerprint density at radius 1 is 0.906 bits per heavy atom. The number of thiocarbonyl (C=S) groups is 1. The van der Waals surface area contributed by atoms with Crippen molar-refractivity contribution in [2.45, 2.75) is 33.5 Å². The first-order valence-electron chi connectivity index (χ1n) is 11.1. The van der Waals surface area contributed by atoms with E-state index in [0.717, 1.165) is 24.5 Å². The Morgan fingerprint density at radius 3 is 2.41 bits per heavy atom. The number of nitrogens with one attached hydrogen (secondary N) is 1. The molecule has 164 valence electrons. The van der Waals surface area contributed by atoms with E-state index in [4.69, 9.17) is 17.0 Å². The lowest BCUT2D eigenvalue weighted by molar-refractivity contribution is 0.342. The van der Waals surface area contributed by atoms with Gasteiger partial charge >= 0.3 is 0 Å². The predicted octanol–water partition coefficient (Wildman–Crippen LogP) is 6.46. The first-order chi connectivity index (χ1) is 15.7. The maximum atomic E-state index is 5.91. The molecule has 4 aromatic rings. The molecule has 1 N–H and O–H groups in total. The van der Waals surface area contributed by atoms with Crippen LogP contribution in [0.4, 0.5) is 5.69 Å². The molecule has 0 aliphatic heterocycles. The summed E-state index contributed by atoms with van der Waals surface area (Å²) in [6.45, 7) is 7.13. The molecule has 4 rings (SSSR count). The maximum Gasteiger partial charge on any atom is 0.174 e. The molecule has 5 heteroatoms. The highest BCUT2D eigenvalue weighted by atomic mass is 32.1. The molecule has 0 bridgehead atoms. The van der Waals surface area contributed by atoms with E-state index in [1.807, 2.05) is 37.3 Å². The molecule has 1 aromatic heterocycles. The Bertz CT molecular complexity index is 1190. The van der Waals surface area contributed by atoms with Crippen molar-refractivity contribution in [1.29, 1.82) is 0 Å². The van der Waals surface area contributed by atoms with Crippen LogP contribution >= 0.6 is 12.2 Å². The van der Waals surface area contributed by atoms with Gasteiger partial charge in [-0.1, -0.05) is 60.7 Å². The van der Waals surface area contributed by atoms with Crippen LogP contribution in [-0.4, -0.2) is 21.2 Å². The summed E-state index contributed by atoms with van der Waals surface area (Å²) >= 11 is 5.91. The molecule has 0 atom stereocenters. The number of nitrogens with zero attached hydrogens (tertiary/aromatic N) is 2. The van der Waals surface area contributed by atoms with Crippen LogP contribution < -0.4 is 10.1 Å². The summed E-state index contributed by atoms with van der Waals surface area (Å²) < 4.78 is 8.08. The van der Waals surface area contributed by atoms with Gasteiger partial charge in [0.15, 0.2) is 5.11 Å². The van der Waals surface area contributed by atoms with Crippen molar-refractivity contribution in [2.75, 3.05) is 11.9 Å². The highest BCUT2D eigenvalue weighted by Crippen LogP contribution is 2.26. The van der Waals surface area contributed by atoms with Crippen LogP contribution in [0.5, 0.6) is 5.75 Å². The zero-order valence-corrected chi connectivity index (χ0v) is 19.4. The van der Waals surface area contributed by atoms with Gasteiger partial charge in [-0.3, -0.25) is 0 Å². The summed E-state index contributed by atoms with van der Waals surface area (Å²) in [7, 11) is 0. The summed E-state index contributed by atoms with van der Waals surface area (Å²) in [4.78, 5) is 2.22. The van der Waals surface area contributed by atoms with E-state index in [0.29, 0.717) is 18.3 Å². The Hall–Kier alpha value is -3.31.